The van der Waals surface area contributed by atoms with Gasteiger partial charge < -0.3 is 4.74 Å². The summed E-state index contributed by atoms with van der Waals surface area (Å²) >= 11 is 0. The molecule has 2 fully saturated rings. The summed E-state index contributed by atoms with van der Waals surface area (Å²) in [7, 11) is 0. The number of fused-ring (bicyclic) bond motifs is 2. The molecule has 2 aliphatic carbocycles. The number of carbonyl (C=O) groups excluding carboxylic acids is 1. The zero-order chi connectivity index (χ0) is 10.9. The van der Waals surface area contributed by atoms with E-state index in [1.54, 1.807) is 0 Å². The quantitative estimate of drug-likeness (QED) is 0.524. The average Bonchev–Trinajstić information content (AvgIpc) is 2.73. The van der Waals surface area contributed by atoms with Gasteiger partial charge in [0.1, 0.15) is 0 Å². The van der Waals surface area contributed by atoms with Crippen LogP contribution in [0.1, 0.15) is 39.0 Å². The van der Waals surface area contributed by atoms with E-state index < -0.39 is 0 Å². The fraction of sp³-hybridized carbons (Fsp3) is 0.769. The molecular weight excluding hydrogens is 188 g/mol. The van der Waals surface area contributed by atoms with E-state index in [0.717, 1.165) is 18.3 Å². The van der Waals surface area contributed by atoms with Crippen molar-refractivity contribution in [2.75, 3.05) is 6.61 Å². The topological polar surface area (TPSA) is 26.3 Å². The molecule has 0 spiro atoms. The van der Waals surface area contributed by atoms with Crippen molar-refractivity contribution in [3.63, 3.8) is 0 Å². The second-order valence-electron chi connectivity index (χ2n) is 5.36. The Labute approximate surface area is 91.7 Å². The van der Waals surface area contributed by atoms with Crippen molar-refractivity contribution >= 4 is 5.97 Å². The summed E-state index contributed by atoms with van der Waals surface area (Å²) in [5.74, 6) is 1.44. The van der Waals surface area contributed by atoms with Gasteiger partial charge in [-0.15, -0.1) is 0 Å². The normalized spacial score (nSPS) is 37.9. The van der Waals surface area contributed by atoms with Gasteiger partial charge in [0.25, 0.3) is 0 Å². The number of hydrogen-bond donors (Lipinski definition) is 0. The van der Waals surface area contributed by atoms with Gasteiger partial charge in [-0.1, -0.05) is 13.5 Å². The van der Waals surface area contributed by atoms with Crippen LogP contribution in [0.5, 0.6) is 0 Å². The van der Waals surface area contributed by atoms with Crippen LogP contribution in [0.4, 0.5) is 0 Å². The van der Waals surface area contributed by atoms with Crippen molar-refractivity contribution in [3.8, 4) is 0 Å². The minimum Gasteiger partial charge on any atom is -0.463 e. The third kappa shape index (κ3) is 2.09. The van der Waals surface area contributed by atoms with Crippen LogP contribution in [0.25, 0.3) is 0 Å². The summed E-state index contributed by atoms with van der Waals surface area (Å²) in [4.78, 5) is 10.9. The molecule has 0 heterocycles. The molecule has 3 atom stereocenters. The van der Waals surface area contributed by atoms with Crippen molar-refractivity contribution in [1.29, 1.82) is 0 Å². The molecule has 84 valence electrons. The SMILES string of the molecule is C=CC(=O)OCCC1CC2CCC1(C)C2. The fourth-order valence-corrected chi connectivity index (χ4v) is 3.48. The number of carbonyl (C=O) groups is 1. The van der Waals surface area contributed by atoms with Gasteiger partial charge in [0.2, 0.25) is 0 Å². The number of ether oxygens (including phenoxy) is 1. The van der Waals surface area contributed by atoms with E-state index in [0.29, 0.717) is 12.0 Å². The molecule has 2 rings (SSSR count). The predicted octanol–water partition coefficient (Wildman–Crippen LogP) is 2.93. The summed E-state index contributed by atoms with van der Waals surface area (Å²) in [5.41, 5.74) is 0.547. The lowest BCUT2D eigenvalue weighted by molar-refractivity contribution is -0.138. The summed E-state index contributed by atoms with van der Waals surface area (Å²) in [6.45, 7) is 6.36. The Morgan fingerprint density at radius 3 is 3.00 bits per heavy atom. The Kier molecular flexibility index (Phi) is 2.85. The van der Waals surface area contributed by atoms with E-state index in [9.17, 15) is 4.79 Å². The van der Waals surface area contributed by atoms with Gasteiger partial charge in [-0.05, 0) is 49.4 Å². The van der Waals surface area contributed by atoms with Crippen LogP contribution >= 0.6 is 0 Å². The average molecular weight is 208 g/mol. The van der Waals surface area contributed by atoms with Gasteiger partial charge >= 0.3 is 5.97 Å². The minimum atomic E-state index is -0.289. The molecule has 2 aliphatic rings. The zero-order valence-electron chi connectivity index (χ0n) is 9.50. The maximum atomic E-state index is 10.9. The molecule has 0 N–H and O–H groups in total. The van der Waals surface area contributed by atoms with Gasteiger partial charge in [0.05, 0.1) is 6.61 Å². The van der Waals surface area contributed by atoms with E-state index in [1.165, 1.54) is 31.8 Å². The van der Waals surface area contributed by atoms with E-state index in [1.807, 2.05) is 0 Å². The molecule has 2 saturated carbocycles. The highest BCUT2D eigenvalue weighted by Crippen LogP contribution is 2.58. The van der Waals surface area contributed by atoms with Crippen molar-refractivity contribution in [1.82, 2.24) is 0 Å². The first-order valence-corrected chi connectivity index (χ1v) is 5.93. The highest BCUT2D eigenvalue weighted by molar-refractivity contribution is 5.81. The largest absolute Gasteiger partial charge is 0.463 e. The zero-order valence-corrected chi connectivity index (χ0v) is 9.50. The molecule has 2 bridgehead atoms. The molecule has 0 saturated heterocycles. The lowest BCUT2D eigenvalue weighted by atomic mass is 9.75. The molecule has 0 aliphatic heterocycles. The highest BCUT2D eigenvalue weighted by Gasteiger charge is 2.48. The smallest absolute Gasteiger partial charge is 0.330 e. The minimum absolute atomic E-state index is 0.289. The third-order valence-corrected chi connectivity index (χ3v) is 4.36. The van der Waals surface area contributed by atoms with E-state index >= 15 is 0 Å². The van der Waals surface area contributed by atoms with Crippen molar-refractivity contribution < 1.29 is 9.53 Å². The van der Waals surface area contributed by atoms with Crippen LogP contribution in [0, 0.1) is 17.3 Å². The summed E-state index contributed by atoms with van der Waals surface area (Å²) < 4.78 is 5.05. The van der Waals surface area contributed by atoms with Crippen LogP contribution in [0.2, 0.25) is 0 Å². The standard InChI is InChI=1S/C13H20O2/c1-3-12(14)15-7-5-11-8-10-4-6-13(11,2)9-10/h3,10-11H,1,4-9H2,2H3. The fourth-order valence-electron chi connectivity index (χ4n) is 3.48. The first-order valence-electron chi connectivity index (χ1n) is 5.93. The molecule has 15 heavy (non-hydrogen) atoms. The number of hydrogen-bond acceptors (Lipinski definition) is 2. The van der Waals surface area contributed by atoms with Crippen molar-refractivity contribution in [3.05, 3.63) is 12.7 Å². The first-order chi connectivity index (χ1) is 7.14. The number of esters is 1. The van der Waals surface area contributed by atoms with Gasteiger partial charge in [0, 0.05) is 6.08 Å². The highest BCUT2D eigenvalue weighted by atomic mass is 16.5. The predicted molar refractivity (Wildman–Crippen MR) is 59.3 cm³/mol. The number of rotatable bonds is 4. The van der Waals surface area contributed by atoms with Crippen molar-refractivity contribution in [2.24, 2.45) is 17.3 Å². The van der Waals surface area contributed by atoms with E-state index in [-0.39, 0.29) is 5.97 Å². The van der Waals surface area contributed by atoms with Crippen molar-refractivity contribution in [2.45, 2.75) is 39.0 Å². The summed E-state index contributed by atoms with van der Waals surface area (Å²) in [5, 5.41) is 0. The molecule has 0 aromatic rings. The Bertz CT molecular complexity index is 272. The van der Waals surface area contributed by atoms with Gasteiger partial charge in [-0.25, -0.2) is 4.79 Å². The van der Waals surface area contributed by atoms with Crippen LogP contribution in [0.3, 0.4) is 0 Å². The first kappa shape index (κ1) is 10.7. The monoisotopic (exact) mass is 208 g/mol. The second-order valence-corrected chi connectivity index (χ2v) is 5.36. The molecule has 2 heteroatoms. The van der Waals surface area contributed by atoms with Gasteiger partial charge in [-0.3, -0.25) is 0 Å². The van der Waals surface area contributed by atoms with Gasteiger partial charge in [-0.2, -0.15) is 0 Å². The van der Waals surface area contributed by atoms with E-state index in [2.05, 4.69) is 13.5 Å². The Morgan fingerprint density at radius 2 is 2.47 bits per heavy atom. The van der Waals surface area contributed by atoms with Crippen LogP contribution < -0.4 is 0 Å². The maximum absolute atomic E-state index is 10.9. The molecule has 0 amide bonds. The summed E-state index contributed by atoms with van der Waals surface area (Å²) in [6.07, 6.45) is 7.81. The molecule has 2 nitrogen and oxygen atoms in total. The lowest BCUT2D eigenvalue weighted by Crippen LogP contribution is -2.23. The molecule has 0 aromatic heterocycles. The Balaban J connectivity index is 1.77. The Hall–Kier alpha value is -0.790. The summed E-state index contributed by atoms with van der Waals surface area (Å²) in [6, 6.07) is 0. The molecule has 3 unspecified atom stereocenters. The Morgan fingerprint density at radius 1 is 1.67 bits per heavy atom. The molecular formula is C13H20O2. The molecule has 0 radical (unpaired) electrons. The van der Waals surface area contributed by atoms with Crippen LogP contribution in [-0.2, 0) is 9.53 Å². The second kappa shape index (κ2) is 3.99. The third-order valence-electron chi connectivity index (χ3n) is 4.36. The van der Waals surface area contributed by atoms with Crippen LogP contribution in [-0.4, -0.2) is 12.6 Å². The maximum Gasteiger partial charge on any atom is 0.330 e. The van der Waals surface area contributed by atoms with Gasteiger partial charge in [0.15, 0.2) is 0 Å². The lowest BCUT2D eigenvalue weighted by Gasteiger charge is -2.31. The molecule has 0 aromatic carbocycles. The van der Waals surface area contributed by atoms with E-state index in [4.69, 9.17) is 4.74 Å². The van der Waals surface area contributed by atoms with Crippen LogP contribution in [0.15, 0.2) is 12.7 Å².